The molecule has 4 rings (SSSR count). The van der Waals surface area contributed by atoms with Gasteiger partial charge in [0.2, 0.25) is 17.6 Å². The van der Waals surface area contributed by atoms with Crippen LogP contribution in [0.4, 0.5) is 4.79 Å². The number of hydrogen-bond donors (Lipinski definition) is 0. The number of aryl methyl sites for hydroxylation is 1. The molecule has 3 aromatic heterocycles. The van der Waals surface area contributed by atoms with Crippen molar-refractivity contribution in [1.82, 2.24) is 24.8 Å². The molecular formula is C27H33N5O5. The average Bonchev–Trinajstić information content (AvgIpc) is 2.88. The van der Waals surface area contributed by atoms with E-state index in [0.717, 1.165) is 5.69 Å². The van der Waals surface area contributed by atoms with Gasteiger partial charge in [0, 0.05) is 50.3 Å². The lowest BCUT2D eigenvalue weighted by Crippen LogP contribution is -2.42. The van der Waals surface area contributed by atoms with Crippen LogP contribution in [-0.2, 0) is 11.2 Å². The third-order valence-electron chi connectivity index (χ3n) is 5.86. The van der Waals surface area contributed by atoms with Gasteiger partial charge in [-0.3, -0.25) is 4.98 Å². The van der Waals surface area contributed by atoms with E-state index in [4.69, 9.17) is 18.9 Å². The number of pyridine rings is 2. The molecule has 1 fully saturated rings. The summed E-state index contributed by atoms with van der Waals surface area (Å²) in [4.78, 5) is 31.2. The van der Waals surface area contributed by atoms with Crippen molar-refractivity contribution >= 4 is 6.09 Å². The number of aromatic nitrogens is 4. The third-order valence-corrected chi connectivity index (χ3v) is 5.86. The number of nitrogens with zero attached hydrogens (tertiary/aromatic N) is 5. The van der Waals surface area contributed by atoms with Gasteiger partial charge in [0.25, 0.3) is 0 Å². The van der Waals surface area contributed by atoms with E-state index in [0.29, 0.717) is 73.6 Å². The summed E-state index contributed by atoms with van der Waals surface area (Å²) in [5, 5.41) is 0. The summed E-state index contributed by atoms with van der Waals surface area (Å²) in [6.07, 6.45) is 4.80. The summed E-state index contributed by atoms with van der Waals surface area (Å²) in [7, 11) is 0. The fourth-order valence-corrected chi connectivity index (χ4v) is 3.85. The van der Waals surface area contributed by atoms with Crippen LogP contribution in [0.1, 0.15) is 43.6 Å². The lowest BCUT2D eigenvalue weighted by Gasteiger charge is -2.31. The Balaban J connectivity index is 1.32. The van der Waals surface area contributed by atoms with Gasteiger partial charge in [0.1, 0.15) is 12.4 Å². The standard InChI is InChI=1S/C27H33N5O5/c1-18(2)35-27(33)32-14-10-22(11-15-32)36-25-19(3)26(30-17-29-25)37-23-8-9-24(31-20(23)4)34-16-12-21-7-5-6-13-28-21/h5-9,13,17-18,22H,10-12,14-16H2,1-4H3. The van der Waals surface area contributed by atoms with Crippen LogP contribution in [0.3, 0.4) is 0 Å². The van der Waals surface area contributed by atoms with E-state index in [1.807, 2.05) is 52.0 Å². The molecular weight excluding hydrogens is 474 g/mol. The summed E-state index contributed by atoms with van der Waals surface area (Å²) in [6, 6.07) is 9.39. The van der Waals surface area contributed by atoms with Crippen LogP contribution in [0.2, 0.25) is 0 Å². The Labute approximate surface area is 217 Å². The van der Waals surface area contributed by atoms with Crippen molar-refractivity contribution in [1.29, 1.82) is 0 Å². The summed E-state index contributed by atoms with van der Waals surface area (Å²) in [5.74, 6) is 1.96. The second-order valence-corrected chi connectivity index (χ2v) is 9.10. The van der Waals surface area contributed by atoms with E-state index in [9.17, 15) is 4.79 Å². The highest BCUT2D eigenvalue weighted by Gasteiger charge is 2.26. The molecule has 1 amide bonds. The molecule has 1 aliphatic heterocycles. The zero-order valence-corrected chi connectivity index (χ0v) is 21.7. The van der Waals surface area contributed by atoms with Crippen molar-refractivity contribution in [3.05, 3.63) is 59.8 Å². The van der Waals surface area contributed by atoms with Crippen LogP contribution < -0.4 is 14.2 Å². The van der Waals surface area contributed by atoms with Gasteiger partial charge in [0.15, 0.2) is 5.75 Å². The quantitative estimate of drug-likeness (QED) is 0.408. The molecule has 1 aliphatic rings. The maximum Gasteiger partial charge on any atom is 0.410 e. The highest BCUT2D eigenvalue weighted by atomic mass is 16.6. The molecule has 37 heavy (non-hydrogen) atoms. The van der Waals surface area contributed by atoms with Crippen LogP contribution in [0.25, 0.3) is 0 Å². The number of likely N-dealkylation sites (tertiary alicyclic amines) is 1. The first-order valence-electron chi connectivity index (χ1n) is 12.5. The Morgan fingerprint density at radius 1 is 1.05 bits per heavy atom. The normalized spacial score (nSPS) is 13.9. The van der Waals surface area contributed by atoms with E-state index < -0.39 is 0 Å². The maximum absolute atomic E-state index is 12.1. The first kappa shape index (κ1) is 26.1. The first-order valence-corrected chi connectivity index (χ1v) is 12.5. The summed E-state index contributed by atoms with van der Waals surface area (Å²) in [5.41, 5.74) is 2.34. The molecule has 0 aromatic carbocycles. The Hall–Kier alpha value is -3.95. The average molecular weight is 508 g/mol. The van der Waals surface area contributed by atoms with Gasteiger partial charge in [-0.25, -0.2) is 19.7 Å². The van der Waals surface area contributed by atoms with Gasteiger partial charge in [0.05, 0.1) is 24.0 Å². The van der Waals surface area contributed by atoms with Crippen LogP contribution >= 0.6 is 0 Å². The minimum absolute atomic E-state index is 0.0597. The molecule has 0 atom stereocenters. The number of hydrogen-bond acceptors (Lipinski definition) is 9. The van der Waals surface area contributed by atoms with Crippen molar-refractivity contribution in [2.24, 2.45) is 0 Å². The number of amides is 1. The molecule has 0 spiro atoms. The molecule has 0 unspecified atom stereocenters. The number of rotatable bonds is 9. The fourth-order valence-electron chi connectivity index (χ4n) is 3.85. The fraction of sp³-hybridized carbons (Fsp3) is 0.444. The topological polar surface area (TPSA) is 109 Å². The highest BCUT2D eigenvalue weighted by Crippen LogP contribution is 2.31. The summed E-state index contributed by atoms with van der Waals surface area (Å²) in [6.45, 7) is 9.03. The van der Waals surface area contributed by atoms with Crippen molar-refractivity contribution in [2.75, 3.05) is 19.7 Å². The molecule has 1 saturated heterocycles. The van der Waals surface area contributed by atoms with Crippen LogP contribution in [-0.4, -0.2) is 62.8 Å². The SMILES string of the molecule is Cc1nc(OCCc2ccccn2)ccc1Oc1ncnc(OC2CCN(C(=O)OC(C)C)CC2)c1C. The van der Waals surface area contributed by atoms with Crippen LogP contribution in [0.15, 0.2) is 42.9 Å². The predicted octanol–water partition coefficient (Wildman–Crippen LogP) is 4.69. The molecule has 10 heteroatoms. The largest absolute Gasteiger partial charge is 0.477 e. The lowest BCUT2D eigenvalue weighted by molar-refractivity contribution is 0.0505. The van der Waals surface area contributed by atoms with E-state index in [1.54, 1.807) is 17.2 Å². The van der Waals surface area contributed by atoms with Crippen molar-refractivity contribution in [2.45, 2.75) is 59.2 Å². The molecule has 0 N–H and O–H groups in total. The minimum Gasteiger partial charge on any atom is -0.477 e. The van der Waals surface area contributed by atoms with Crippen LogP contribution in [0, 0.1) is 13.8 Å². The van der Waals surface area contributed by atoms with Crippen LogP contribution in [0.5, 0.6) is 23.4 Å². The van der Waals surface area contributed by atoms with Gasteiger partial charge >= 0.3 is 6.09 Å². The first-order chi connectivity index (χ1) is 17.9. The molecule has 3 aromatic rings. The maximum atomic E-state index is 12.1. The minimum atomic E-state index is -0.282. The number of piperidine rings is 1. The summed E-state index contributed by atoms with van der Waals surface area (Å²) >= 11 is 0. The van der Waals surface area contributed by atoms with E-state index in [1.165, 1.54) is 6.33 Å². The number of ether oxygens (including phenoxy) is 4. The van der Waals surface area contributed by atoms with Crippen molar-refractivity contribution < 1.29 is 23.7 Å². The van der Waals surface area contributed by atoms with E-state index >= 15 is 0 Å². The third kappa shape index (κ3) is 7.28. The summed E-state index contributed by atoms with van der Waals surface area (Å²) < 4.78 is 23.3. The second-order valence-electron chi connectivity index (χ2n) is 9.10. The predicted molar refractivity (Wildman–Crippen MR) is 136 cm³/mol. The zero-order valence-electron chi connectivity index (χ0n) is 21.7. The number of carbonyl (C=O) groups is 1. The lowest BCUT2D eigenvalue weighted by atomic mass is 10.1. The zero-order chi connectivity index (χ0) is 26.2. The molecule has 196 valence electrons. The van der Waals surface area contributed by atoms with Gasteiger partial charge in [-0.2, -0.15) is 0 Å². The molecule has 0 radical (unpaired) electrons. The Kier molecular flexibility index (Phi) is 8.71. The smallest absolute Gasteiger partial charge is 0.410 e. The van der Waals surface area contributed by atoms with Gasteiger partial charge in [-0.1, -0.05) is 6.07 Å². The van der Waals surface area contributed by atoms with E-state index in [-0.39, 0.29) is 18.3 Å². The molecule has 0 bridgehead atoms. The molecule has 0 saturated carbocycles. The second kappa shape index (κ2) is 12.3. The Morgan fingerprint density at radius 2 is 1.84 bits per heavy atom. The van der Waals surface area contributed by atoms with Gasteiger partial charge in [-0.05, 0) is 45.9 Å². The highest BCUT2D eigenvalue weighted by molar-refractivity contribution is 5.67. The monoisotopic (exact) mass is 507 g/mol. The Bertz CT molecular complexity index is 1180. The van der Waals surface area contributed by atoms with Crippen molar-refractivity contribution in [3.63, 3.8) is 0 Å². The molecule has 0 aliphatic carbocycles. The molecule has 10 nitrogen and oxygen atoms in total. The van der Waals surface area contributed by atoms with Gasteiger partial charge < -0.3 is 23.8 Å². The number of carbonyl (C=O) groups excluding carboxylic acids is 1. The van der Waals surface area contributed by atoms with E-state index in [2.05, 4.69) is 19.9 Å². The van der Waals surface area contributed by atoms with Crippen molar-refractivity contribution in [3.8, 4) is 23.4 Å². The Morgan fingerprint density at radius 3 is 2.54 bits per heavy atom. The van der Waals surface area contributed by atoms with Gasteiger partial charge in [-0.15, -0.1) is 0 Å². The molecule has 4 heterocycles.